The molecular weight excluding hydrogens is 362 g/mol. The minimum absolute atomic E-state index is 0.170. The normalized spacial score (nSPS) is 13.1. The molecule has 0 aliphatic rings. The molecule has 0 fully saturated rings. The van der Waals surface area contributed by atoms with Gasteiger partial charge >= 0.3 is 5.97 Å². The van der Waals surface area contributed by atoms with E-state index in [0.29, 0.717) is 11.1 Å². The predicted molar refractivity (Wildman–Crippen MR) is 89.0 cm³/mol. The number of rotatable bonds is 6. The first-order valence-electron chi connectivity index (χ1n) is 6.98. The van der Waals surface area contributed by atoms with Gasteiger partial charge in [0, 0.05) is 16.6 Å². The van der Waals surface area contributed by atoms with Crippen molar-refractivity contribution in [2.24, 2.45) is 5.92 Å². The fourth-order valence-corrected chi connectivity index (χ4v) is 2.57. The minimum Gasteiger partial charge on any atom is -0.481 e. The number of aliphatic carboxylic acids is 1. The van der Waals surface area contributed by atoms with Crippen LogP contribution in [0.5, 0.6) is 0 Å². The van der Waals surface area contributed by atoms with Gasteiger partial charge in [0.1, 0.15) is 5.92 Å². The van der Waals surface area contributed by atoms with Gasteiger partial charge in [-0.25, -0.2) is 0 Å². The van der Waals surface area contributed by atoms with Crippen LogP contribution in [-0.2, 0) is 4.79 Å². The van der Waals surface area contributed by atoms with Gasteiger partial charge in [-0.15, -0.1) is 0 Å². The highest BCUT2D eigenvalue weighted by molar-refractivity contribution is 9.10. The fourth-order valence-electron chi connectivity index (χ4n) is 2.15. The molecule has 0 bridgehead atoms. The van der Waals surface area contributed by atoms with Crippen molar-refractivity contribution in [1.82, 2.24) is 5.32 Å². The van der Waals surface area contributed by atoms with Gasteiger partial charge in [0.25, 0.3) is 5.91 Å². The zero-order valence-corrected chi connectivity index (χ0v) is 13.7. The number of benzene rings is 2. The molecule has 0 aromatic heterocycles. The molecule has 6 heteroatoms. The molecule has 0 heterocycles. The Balaban J connectivity index is 2.07. The Bertz CT molecular complexity index is 690. The number of carboxylic acids is 1. The quantitative estimate of drug-likeness (QED) is 0.721. The lowest BCUT2D eigenvalue weighted by Gasteiger charge is -2.20. The molecule has 0 saturated carbocycles. The first-order valence-corrected chi connectivity index (χ1v) is 7.78. The summed E-state index contributed by atoms with van der Waals surface area (Å²) in [5, 5.41) is 22.2. The lowest BCUT2D eigenvalue weighted by molar-refractivity contribution is -0.145. The summed E-state index contributed by atoms with van der Waals surface area (Å²) in [5.74, 6) is -2.69. The van der Waals surface area contributed by atoms with E-state index in [1.807, 2.05) is 0 Å². The van der Waals surface area contributed by atoms with Crippen molar-refractivity contribution in [1.29, 1.82) is 0 Å². The highest BCUT2D eigenvalue weighted by Crippen LogP contribution is 2.24. The zero-order chi connectivity index (χ0) is 16.8. The minimum atomic E-state index is -1.22. The topological polar surface area (TPSA) is 86.6 Å². The summed E-state index contributed by atoms with van der Waals surface area (Å²) in [6.45, 7) is -0.170. The van der Waals surface area contributed by atoms with E-state index in [1.54, 1.807) is 54.6 Å². The second-order valence-electron chi connectivity index (χ2n) is 5.02. The van der Waals surface area contributed by atoms with E-state index in [-0.39, 0.29) is 12.5 Å². The van der Waals surface area contributed by atoms with Crippen LogP contribution in [0.3, 0.4) is 0 Å². The summed E-state index contributed by atoms with van der Waals surface area (Å²) < 4.78 is 0.742. The van der Waals surface area contributed by atoms with Gasteiger partial charge < -0.3 is 15.5 Å². The van der Waals surface area contributed by atoms with E-state index < -0.39 is 18.0 Å². The molecule has 2 aromatic carbocycles. The Kier molecular flexibility index (Phi) is 5.90. The first-order chi connectivity index (χ1) is 11.0. The second kappa shape index (κ2) is 7.89. The lowest BCUT2D eigenvalue weighted by atomic mass is 9.95. The van der Waals surface area contributed by atoms with Crippen molar-refractivity contribution in [3.63, 3.8) is 0 Å². The summed E-state index contributed by atoms with van der Waals surface area (Å²) in [6, 6.07) is 15.3. The smallest absolute Gasteiger partial charge is 0.311 e. The molecule has 0 aliphatic carbocycles. The van der Waals surface area contributed by atoms with Gasteiger partial charge in [-0.2, -0.15) is 0 Å². The molecule has 2 unspecified atom stereocenters. The molecule has 2 aromatic rings. The van der Waals surface area contributed by atoms with Gasteiger partial charge in [0.15, 0.2) is 0 Å². The molecule has 1 amide bonds. The maximum Gasteiger partial charge on any atom is 0.311 e. The van der Waals surface area contributed by atoms with Crippen molar-refractivity contribution in [2.45, 2.75) is 6.10 Å². The van der Waals surface area contributed by atoms with Crippen molar-refractivity contribution in [3.05, 3.63) is 70.2 Å². The Morgan fingerprint density at radius 1 is 1.09 bits per heavy atom. The number of carbonyl (C=O) groups is 2. The summed E-state index contributed by atoms with van der Waals surface area (Å²) in [7, 11) is 0. The van der Waals surface area contributed by atoms with E-state index in [9.17, 15) is 19.8 Å². The summed E-state index contributed by atoms with van der Waals surface area (Å²) in [4.78, 5) is 23.4. The van der Waals surface area contributed by atoms with E-state index >= 15 is 0 Å². The highest BCUT2D eigenvalue weighted by atomic mass is 79.9. The monoisotopic (exact) mass is 377 g/mol. The zero-order valence-electron chi connectivity index (χ0n) is 12.1. The van der Waals surface area contributed by atoms with Gasteiger partial charge in [0.05, 0.1) is 6.10 Å². The summed E-state index contributed by atoms with van der Waals surface area (Å²) >= 11 is 3.28. The van der Waals surface area contributed by atoms with Crippen LogP contribution in [0.4, 0.5) is 0 Å². The summed E-state index contributed by atoms with van der Waals surface area (Å²) in [5.41, 5.74) is 0.911. The van der Waals surface area contributed by atoms with Crippen LogP contribution >= 0.6 is 15.9 Å². The van der Waals surface area contributed by atoms with Crippen molar-refractivity contribution < 1.29 is 19.8 Å². The number of carbonyl (C=O) groups excluding carboxylic acids is 1. The van der Waals surface area contributed by atoms with Gasteiger partial charge in [-0.3, -0.25) is 9.59 Å². The van der Waals surface area contributed by atoms with E-state index in [0.717, 1.165) is 4.47 Å². The van der Waals surface area contributed by atoms with Gasteiger partial charge in [0.2, 0.25) is 0 Å². The predicted octanol–water partition coefficient (Wildman–Crippen LogP) is 2.61. The fraction of sp³-hybridized carbons (Fsp3) is 0.176. The number of amides is 1. The molecule has 0 aliphatic heterocycles. The SMILES string of the molecule is O=C(NCC(C(=O)O)C(O)c1cccc(Br)c1)c1ccccc1. The summed E-state index contributed by atoms with van der Waals surface area (Å²) in [6.07, 6.45) is -1.22. The van der Waals surface area contributed by atoms with Crippen molar-refractivity contribution in [2.75, 3.05) is 6.54 Å². The molecule has 2 atom stereocenters. The maximum atomic E-state index is 12.0. The number of hydrogen-bond acceptors (Lipinski definition) is 3. The highest BCUT2D eigenvalue weighted by Gasteiger charge is 2.28. The number of hydrogen-bond donors (Lipinski definition) is 3. The van der Waals surface area contributed by atoms with Crippen molar-refractivity contribution >= 4 is 27.8 Å². The molecule has 0 saturated heterocycles. The van der Waals surface area contributed by atoms with E-state index in [1.165, 1.54) is 0 Å². The maximum absolute atomic E-state index is 12.0. The van der Waals surface area contributed by atoms with Crippen molar-refractivity contribution in [3.8, 4) is 0 Å². The van der Waals surface area contributed by atoms with Crippen LogP contribution in [-0.4, -0.2) is 28.6 Å². The van der Waals surface area contributed by atoms with Gasteiger partial charge in [-0.1, -0.05) is 46.3 Å². The molecule has 120 valence electrons. The third-order valence-electron chi connectivity index (χ3n) is 3.41. The average Bonchev–Trinajstić information content (AvgIpc) is 2.55. The average molecular weight is 378 g/mol. The van der Waals surface area contributed by atoms with Crippen LogP contribution in [0.25, 0.3) is 0 Å². The van der Waals surface area contributed by atoms with E-state index in [4.69, 9.17) is 0 Å². The number of halogens is 1. The van der Waals surface area contributed by atoms with Crippen LogP contribution in [0.1, 0.15) is 22.0 Å². The number of nitrogens with one attached hydrogen (secondary N) is 1. The third-order valence-corrected chi connectivity index (χ3v) is 3.90. The third kappa shape index (κ3) is 4.64. The molecular formula is C17H16BrNO4. The Labute approximate surface area is 142 Å². The Morgan fingerprint density at radius 3 is 2.39 bits per heavy atom. The van der Waals surface area contributed by atoms with E-state index in [2.05, 4.69) is 21.2 Å². The molecule has 0 spiro atoms. The van der Waals surface area contributed by atoms with Crippen LogP contribution in [0.15, 0.2) is 59.1 Å². The Hall–Kier alpha value is -2.18. The van der Waals surface area contributed by atoms with Gasteiger partial charge in [-0.05, 0) is 29.8 Å². The number of carboxylic acid groups (broad SMARTS) is 1. The number of aliphatic hydroxyl groups excluding tert-OH is 1. The first kappa shape index (κ1) is 17.2. The van der Waals surface area contributed by atoms with Crippen LogP contribution in [0.2, 0.25) is 0 Å². The van der Waals surface area contributed by atoms with Crippen LogP contribution in [0, 0.1) is 5.92 Å². The largest absolute Gasteiger partial charge is 0.481 e. The lowest BCUT2D eigenvalue weighted by Crippen LogP contribution is -2.36. The number of aliphatic hydroxyl groups is 1. The Morgan fingerprint density at radius 2 is 1.78 bits per heavy atom. The molecule has 2 rings (SSSR count). The molecule has 23 heavy (non-hydrogen) atoms. The second-order valence-corrected chi connectivity index (χ2v) is 5.94. The standard InChI is InChI=1S/C17H16BrNO4/c18-13-8-4-7-12(9-13)15(20)14(17(22)23)10-19-16(21)11-5-2-1-3-6-11/h1-9,14-15,20H,10H2,(H,19,21)(H,22,23). The molecule has 5 nitrogen and oxygen atoms in total. The molecule has 3 N–H and O–H groups in total. The van der Waals surface area contributed by atoms with Crippen LogP contribution < -0.4 is 5.32 Å². The molecule has 0 radical (unpaired) electrons.